The number of anilines is 1. The number of halogens is 3. The highest BCUT2D eigenvalue weighted by atomic mass is 19.4. The predicted molar refractivity (Wildman–Crippen MR) is 104 cm³/mol. The maximum atomic E-state index is 12.8. The van der Waals surface area contributed by atoms with Gasteiger partial charge in [0.05, 0.1) is 12.0 Å². The van der Waals surface area contributed by atoms with Gasteiger partial charge in [-0.25, -0.2) is 0 Å². The minimum absolute atomic E-state index is 0.000290. The Bertz CT molecular complexity index is 911. The zero-order chi connectivity index (χ0) is 22.3. The molecule has 0 bridgehead atoms. The number of aliphatic carboxylic acids is 1. The minimum Gasteiger partial charge on any atom is -0.481 e. The summed E-state index contributed by atoms with van der Waals surface area (Å²) in [5.41, 5.74) is 0.374. The van der Waals surface area contributed by atoms with E-state index in [1.165, 1.54) is 36.4 Å². The van der Waals surface area contributed by atoms with Crippen LogP contribution in [0, 0.1) is 5.92 Å². The number of carboxylic acid groups (broad SMARTS) is 1. The van der Waals surface area contributed by atoms with Crippen LogP contribution in [0.15, 0.2) is 48.5 Å². The SMILES string of the molecule is CC(Cc1cccc(C(F)(F)F)c1)C(=O)Nc1ccc(C(=O)NCCC(=O)O)cc1. The molecule has 0 heterocycles. The van der Waals surface area contributed by atoms with E-state index in [1.807, 2.05) is 0 Å². The van der Waals surface area contributed by atoms with E-state index in [0.29, 0.717) is 16.8 Å². The molecule has 0 aromatic heterocycles. The van der Waals surface area contributed by atoms with Gasteiger partial charge in [-0.1, -0.05) is 25.1 Å². The lowest BCUT2D eigenvalue weighted by Crippen LogP contribution is -2.26. The van der Waals surface area contributed by atoms with Gasteiger partial charge in [-0.3, -0.25) is 14.4 Å². The maximum absolute atomic E-state index is 12.8. The Morgan fingerprint density at radius 3 is 2.33 bits per heavy atom. The van der Waals surface area contributed by atoms with Gasteiger partial charge in [0.15, 0.2) is 0 Å². The molecule has 2 aromatic rings. The van der Waals surface area contributed by atoms with Crippen LogP contribution in [0.4, 0.5) is 18.9 Å². The summed E-state index contributed by atoms with van der Waals surface area (Å²) in [6.07, 6.45) is -4.49. The summed E-state index contributed by atoms with van der Waals surface area (Å²) in [4.78, 5) is 34.7. The average Bonchev–Trinajstić information content (AvgIpc) is 2.67. The molecule has 6 nitrogen and oxygen atoms in total. The minimum atomic E-state index is -4.44. The van der Waals surface area contributed by atoms with Crippen LogP contribution < -0.4 is 10.6 Å². The zero-order valence-electron chi connectivity index (χ0n) is 16.1. The lowest BCUT2D eigenvalue weighted by atomic mass is 9.98. The van der Waals surface area contributed by atoms with Crippen molar-refractivity contribution in [2.24, 2.45) is 5.92 Å². The molecule has 1 unspecified atom stereocenters. The van der Waals surface area contributed by atoms with Gasteiger partial charge in [-0.05, 0) is 42.3 Å². The summed E-state index contributed by atoms with van der Waals surface area (Å²) in [6, 6.07) is 10.8. The summed E-state index contributed by atoms with van der Waals surface area (Å²) in [6.45, 7) is 1.61. The van der Waals surface area contributed by atoms with Crippen LogP contribution >= 0.6 is 0 Å². The molecule has 3 N–H and O–H groups in total. The first-order chi connectivity index (χ1) is 14.1. The number of carboxylic acids is 1. The first-order valence-corrected chi connectivity index (χ1v) is 9.13. The van der Waals surface area contributed by atoms with E-state index < -0.39 is 29.5 Å². The topological polar surface area (TPSA) is 95.5 Å². The van der Waals surface area contributed by atoms with Crippen molar-refractivity contribution in [1.82, 2.24) is 5.32 Å². The highest BCUT2D eigenvalue weighted by Crippen LogP contribution is 2.30. The molecule has 0 aliphatic rings. The van der Waals surface area contributed by atoms with Crippen molar-refractivity contribution in [1.29, 1.82) is 0 Å². The lowest BCUT2D eigenvalue weighted by molar-refractivity contribution is -0.138. The van der Waals surface area contributed by atoms with Crippen LogP contribution in [-0.4, -0.2) is 29.4 Å². The van der Waals surface area contributed by atoms with Crippen LogP contribution in [0.25, 0.3) is 0 Å². The number of alkyl halides is 3. The molecule has 0 fully saturated rings. The molecule has 160 valence electrons. The predicted octanol–water partition coefficient (Wildman–Crippen LogP) is 3.73. The Morgan fingerprint density at radius 1 is 1.07 bits per heavy atom. The molecule has 9 heteroatoms. The molecule has 0 radical (unpaired) electrons. The molecule has 0 aliphatic carbocycles. The first kappa shape index (κ1) is 22.9. The Hall–Kier alpha value is -3.36. The number of carbonyl (C=O) groups is 3. The number of rotatable bonds is 8. The second-order valence-corrected chi connectivity index (χ2v) is 6.77. The fraction of sp³-hybridized carbons (Fsp3) is 0.286. The van der Waals surface area contributed by atoms with Crippen LogP contribution in [0.2, 0.25) is 0 Å². The number of amides is 2. The fourth-order valence-corrected chi connectivity index (χ4v) is 2.68. The van der Waals surface area contributed by atoms with E-state index in [4.69, 9.17) is 5.11 Å². The second kappa shape index (κ2) is 9.91. The van der Waals surface area contributed by atoms with E-state index >= 15 is 0 Å². The molecule has 0 spiro atoms. The molecule has 2 aromatic carbocycles. The number of hydrogen-bond donors (Lipinski definition) is 3. The van der Waals surface area contributed by atoms with Crippen molar-refractivity contribution in [3.8, 4) is 0 Å². The average molecular weight is 422 g/mol. The smallest absolute Gasteiger partial charge is 0.416 e. The van der Waals surface area contributed by atoms with Crippen molar-refractivity contribution >= 4 is 23.5 Å². The first-order valence-electron chi connectivity index (χ1n) is 9.13. The molecule has 0 saturated carbocycles. The second-order valence-electron chi connectivity index (χ2n) is 6.77. The monoisotopic (exact) mass is 422 g/mol. The van der Waals surface area contributed by atoms with Gasteiger partial charge in [0, 0.05) is 23.7 Å². The van der Waals surface area contributed by atoms with Crippen molar-refractivity contribution in [3.05, 3.63) is 65.2 Å². The van der Waals surface area contributed by atoms with Gasteiger partial charge >= 0.3 is 12.1 Å². The van der Waals surface area contributed by atoms with Crippen molar-refractivity contribution in [3.63, 3.8) is 0 Å². The lowest BCUT2D eigenvalue weighted by Gasteiger charge is -2.14. The molecule has 0 aliphatic heterocycles. The van der Waals surface area contributed by atoms with Crippen molar-refractivity contribution in [2.75, 3.05) is 11.9 Å². The molecular formula is C21H21F3N2O4. The number of nitrogens with one attached hydrogen (secondary N) is 2. The van der Waals surface area contributed by atoms with Gasteiger partial charge in [0.1, 0.15) is 0 Å². The van der Waals surface area contributed by atoms with Gasteiger partial charge in [0.2, 0.25) is 5.91 Å². The highest BCUT2D eigenvalue weighted by Gasteiger charge is 2.30. The Morgan fingerprint density at radius 2 is 1.73 bits per heavy atom. The highest BCUT2D eigenvalue weighted by molar-refractivity contribution is 5.96. The fourth-order valence-electron chi connectivity index (χ4n) is 2.68. The molecule has 2 rings (SSSR count). The Balaban J connectivity index is 1.92. The number of benzene rings is 2. The molecular weight excluding hydrogens is 401 g/mol. The molecule has 0 saturated heterocycles. The van der Waals surface area contributed by atoms with Crippen LogP contribution in [-0.2, 0) is 22.2 Å². The molecule has 2 amide bonds. The van der Waals surface area contributed by atoms with Crippen molar-refractivity contribution in [2.45, 2.75) is 25.9 Å². The summed E-state index contributed by atoms with van der Waals surface area (Å²) in [5.74, 6) is -2.40. The summed E-state index contributed by atoms with van der Waals surface area (Å²) >= 11 is 0. The quantitative estimate of drug-likeness (QED) is 0.604. The largest absolute Gasteiger partial charge is 0.481 e. The third kappa shape index (κ3) is 6.91. The van der Waals surface area contributed by atoms with E-state index in [0.717, 1.165) is 12.1 Å². The third-order valence-electron chi connectivity index (χ3n) is 4.28. The summed E-state index contributed by atoms with van der Waals surface area (Å²) in [5, 5.41) is 13.7. The Labute approximate surface area is 171 Å². The van der Waals surface area contributed by atoms with Gasteiger partial charge in [-0.2, -0.15) is 13.2 Å². The van der Waals surface area contributed by atoms with Crippen molar-refractivity contribution < 1.29 is 32.7 Å². The normalized spacial score (nSPS) is 12.1. The van der Waals surface area contributed by atoms with E-state index in [9.17, 15) is 27.6 Å². The summed E-state index contributed by atoms with van der Waals surface area (Å²) in [7, 11) is 0. The number of carbonyl (C=O) groups excluding carboxylic acids is 2. The maximum Gasteiger partial charge on any atom is 0.416 e. The van der Waals surface area contributed by atoms with E-state index in [-0.39, 0.29) is 25.3 Å². The zero-order valence-corrected chi connectivity index (χ0v) is 16.1. The third-order valence-corrected chi connectivity index (χ3v) is 4.28. The van der Waals surface area contributed by atoms with Gasteiger partial charge < -0.3 is 15.7 Å². The van der Waals surface area contributed by atoms with E-state index in [1.54, 1.807) is 6.92 Å². The van der Waals surface area contributed by atoms with Gasteiger partial charge in [0.25, 0.3) is 5.91 Å². The number of hydrogen-bond acceptors (Lipinski definition) is 3. The molecule has 1 atom stereocenters. The van der Waals surface area contributed by atoms with E-state index in [2.05, 4.69) is 10.6 Å². The van der Waals surface area contributed by atoms with Crippen LogP contribution in [0.1, 0.15) is 34.8 Å². The van der Waals surface area contributed by atoms with Crippen LogP contribution in [0.5, 0.6) is 0 Å². The molecule has 30 heavy (non-hydrogen) atoms. The van der Waals surface area contributed by atoms with Crippen LogP contribution in [0.3, 0.4) is 0 Å². The summed E-state index contributed by atoms with van der Waals surface area (Å²) < 4.78 is 38.4. The Kier molecular flexibility index (Phi) is 7.57. The standard InChI is InChI=1S/C21H21F3N2O4/c1-13(11-14-3-2-4-16(12-14)21(22,23)24)19(29)26-17-7-5-15(6-8-17)20(30)25-10-9-18(27)28/h2-8,12-13H,9-11H2,1H3,(H,25,30)(H,26,29)(H,27,28). The van der Waals surface area contributed by atoms with Gasteiger partial charge in [-0.15, -0.1) is 0 Å².